The van der Waals surface area contributed by atoms with Crippen LogP contribution in [0.2, 0.25) is 0 Å². The van der Waals surface area contributed by atoms with E-state index in [9.17, 15) is 14.9 Å². The summed E-state index contributed by atoms with van der Waals surface area (Å²) >= 11 is 1.37. The van der Waals surface area contributed by atoms with E-state index in [0.29, 0.717) is 5.16 Å². The molecule has 1 unspecified atom stereocenters. The normalized spacial score (nSPS) is 16.9. The number of benzene rings is 2. The van der Waals surface area contributed by atoms with Crippen LogP contribution < -0.4 is 0 Å². The first kappa shape index (κ1) is 13.0. The lowest BCUT2D eigenvalue weighted by Crippen LogP contribution is -2.11. The molecule has 0 fully saturated rings. The topological polar surface area (TPSA) is 78.0 Å². The summed E-state index contributed by atoms with van der Waals surface area (Å²) in [5.41, 5.74) is 2.34. The zero-order valence-corrected chi connectivity index (χ0v) is 12.0. The first-order chi connectivity index (χ1) is 10.6. The van der Waals surface area contributed by atoms with Crippen molar-refractivity contribution < 1.29 is 9.72 Å². The lowest BCUT2D eigenvalue weighted by Gasteiger charge is -2.07. The molecule has 2 aromatic carbocycles. The Morgan fingerprint density at radius 3 is 2.59 bits per heavy atom. The summed E-state index contributed by atoms with van der Waals surface area (Å²) < 4.78 is 1.62. The monoisotopic (exact) mass is 311 g/mol. The molecule has 22 heavy (non-hydrogen) atoms. The Balaban J connectivity index is 1.74. The first-order valence-corrected chi connectivity index (χ1v) is 7.46. The summed E-state index contributed by atoms with van der Waals surface area (Å²) in [7, 11) is 0. The molecule has 2 heterocycles. The average molecular weight is 311 g/mol. The number of thioether (sulfide) groups is 1. The number of aromatic nitrogens is 2. The summed E-state index contributed by atoms with van der Waals surface area (Å²) in [6.07, 6.45) is 0. The van der Waals surface area contributed by atoms with Crippen LogP contribution in [-0.2, 0) is 0 Å². The summed E-state index contributed by atoms with van der Waals surface area (Å²) in [5, 5.41) is 11.0. The van der Waals surface area contributed by atoms with E-state index < -0.39 is 10.2 Å². The third-order valence-corrected chi connectivity index (χ3v) is 4.80. The summed E-state index contributed by atoms with van der Waals surface area (Å²) in [6.45, 7) is 0. The molecule has 0 spiro atoms. The molecule has 1 atom stereocenters. The highest BCUT2D eigenvalue weighted by Crippen LogP contribution is 2.44. The number of imidazole rings is 1. The van der Waals surface area contributed by atoms with Gasteiger partial charge in [0, 0.05) is 12.1 Å². The number of nitrogens with zero attached hydrogens (tertiary/aromatic N) is 3. The molecular formula is C15H9N3O3S. The first-order valence-electron chi connectivity index (χ1n) is 6.58. The summed E-state index contributed by atoms with van der Waals surface area (Å²) in [4.78, 5) is 27.4. The van der Waals surface area contributed by atoms with Crippen LogP contribution in [0, 0.1) is 10.1 Å². The molecule has 0 N–H and O–H groups in total. The van der Waals surface area contributed by atoms with Gasteiger partial charge >= 0.3 is 0 Å². The van der Waals surface area contributed by atoms with Crippen molar-refractivity contribution in [1.82, 2.24) is 9.55 Å². The molecule has 0 amide bonds. The molecule has 0 bridgehead atoms. The largest absolute Gasteiger partial charge is 0.272 e. The lowest BCUT2D eigenvalue weighted by molar-refractivity contribution is -0.384. The molecule has 0 saturated carbocycles. The lowest BCUT2D eigenvalue weighted by atomic mass is 10.1. The summed E-state index contributed by atoms with van der Waals surface area (Å²) in [6, 6.07) is 13.6. The van der Waals surface area contributed by atoms with Gasteiger partial charge in [-0.2, -0.15) is 0 Å². The van der Waals surface area contributed by atoms with Gasteiger partial charge in [-0.15, -0.1) is 0 Å². The molecule has 1 aliphatic rings. The van der Waals surface area contributed by atoms with Gasteiger partial charge in [0.15, 0.2) is 5.16 Å². The Hall–Kier alpha value is -2.67. The van der Waals surface area contributed by atoms with Crippen LogP contribution in [0.15, 0.2) is 53.7 Å². The molecular weight excluding hydrogens is 302 g/mol. The predicted molar refractivity (Wildman–Crippen MR) is 82.1 cm³/mol. The number of nitro benzene ring substituents is 1. The zero-order chi connectivity index (χ0) is 15.3. The number of fused-ring (bicyclic) bond motifs is 3. The van der Waals surface area contributed by atoms with Gasteiger partial charge in [0.05, 0.1) is 16.0 Å². The molecule has 4 rings (SSSR count). The second-order valence-corrected chi connectivity index (χ2v) is 5.98. The van der Waals surface area contributed by atoms with Crippen LogP contribution in [0.4, 0.5) is 5.69 Å². The Kier molecular flexibility index (Phi) is 2.77. The SMILES string of the molecule is O=C1C(c2ccc([N+](=O)[O-])cc2)Sc2nc3ccccc3n21. The maximum Gasteiger partial charge on any atom is 0.269 e. The van der Waals surface area contributed by atoms with Crippen molar-refractivity contribution in [1.29, 1.82) is 0 Å². The molecule has 108 valence electrons. The molecule has 1 aliphatic heterocycles. The third-order valence-electron chi connectivity index (χ3n) is 3.60. The molecule has 1 aromatic heterocycles. The van der Waals surface area contributed by atoms with Crippen LogP contribution in [0.5, 0.6) is 0 Å². The quantitative estimate of drug-likeness (QED) is 0.535. The van der Waals surface area contributed by atoms with Crippen LogP contribution in [-0.4, -0.2) is 20.4 Å². The highest BCUT2D eigenvalue weighted by molar-refractivity contribution is 8.00. The van der Waals surface area contributed by atoms with E-state index in [-0.39, 0.29) is 11.6 Å². The maximum absolute atomic E-state index is 12.7. The van der Waals surface area contributed by atoms with Gasteiger partial charge in [0.1, 0.15) is 5.25 Å². The number of hydrogen-bond acceptors (Lipinski definition) is 5. The van der Waals surface area contributed by atoms with Gasteiger partial charge in [0.25, 0.3) is 11.6 Å². The number of para-hydroxylation sites is 2. The highest BCUT2D eigenvalue weighted by Gasteiger charge is 2.35. The van der Waals surface area contributed by atoms with Crippen molar-refractivity contribution in [3.05, 3.63) is 64.2 Å². The van der Waals surface area contributed by atoms with Crippen LogP contribution in [0.3, 0.4) is 0 Å². The number of non-ortho nitro benzene ring substituents is 1. The minimum Gasteiger partial charge on any atom is -0.272 e. The minimum atomic E-state index is -0.452. The molecule has 6 nitrogen and oxygen atoms in total. The van der Waals surface area contributed by atoms with Crippen molar-refractivity contribution in [2.75, 3.05) is 0 Å². The average Bonchev–Trinajstić information content (AvgIpc) is 3.04. The van der Waals surface area contributed by atoms with E-state index in [1.54, 1.807) is 16.7 Å². The Bertz CT molecular complexity index is 917. The molecule has 7 heteroatoms. The van der Waals surface area contributed by atoms with E-state index in [4.69, 9.17) is 0 Å². The minimum absolute atomic E-state index is 0.0161. The van der Waals surface area contributed by atoms with Crippen molar-refractivity contribution in [2.45, 2.75) is 10.4 Å². The number of rotatable bonds is 2. The number of nitro groups is 1. The van der Waals surface area contributed by atoms with Crippen molar-refractivity contribution >= 4 is 34.4 Å². The van der Waals surface area contributed by atoms with Crippen LogP contribution in [0.25, 0.3) is 11.0 Å². The maximum atomic E-state index is 12.7. The van der Waals surface area contributed by atoms with Crippen LogP contribution >= 0.6 is 11.8 Å². The van der Waals surface area contributed by atoms with Crippen molar-refractivity contribution in [3.63, 3.8) is 0 Å². The van der Waals surface area contributed by atoms with Crippen molar-refractivity contribution in [3.8, 4) is 0 Å². The van der Waals surface area contributed by atoms with Gasteiger partial charge in [-0.3, -0.25) is 19.5 Å². The van der Waals surface area contributed by atoms with Crippen LogP contribution in [0.1, 0.15) is 15.6 Å². The highest BCUT2D eigenvalue weighted by atomic mass is 32.2. The van der Waals surface area contributed by atoms with E-state index >= 15 is 0 Å². The predicted octanol–water partition coefficient (Wildman–Crippen LogP) is 3.43. The van der Waals surface area contributed by atoms with Crippen molar-refractivity contribution in [2.24, 2.45) is 0 Å². The van der Waals surface area contributed by atoms with Gasteiger partial charge in [0.2, 0.25) is 0 Å². The summed E-state index contributed by atoms with van der Waals surface area (Å²) in [5.74, 6) is -0.0671. The van der Waals surface area contributed by atoms with Gasteiger partial charge in [-0.1, -0.05) is 36.0 Å². The number of carbonyl (C=O) groups excluding carboxylic acids is 1. The van der Waals surface area contributed by atoms with Gasteiger partial charge in [-0.05, 0) is 17.7 Å². The zero-order valence-electron chi connectivity index (χ0n) is 11.2. The Morgan fingerprint density at radius 1 is 1.14 bits per heavy atom. The third kappa shape index (κ3) is 1.82. The molecule has 0 saturated heterocycles. The fourth-order valence-electron chi connectivity index (χ4n) is 2.55. The standard InChI is InChI=1S/C15H9N3O3S/c19-14-13(9-5-7-10(8-6-9)18(20)21)22-15-16-11-3-1-2-4-12(11)17(14)15/h1-8,13H. The Morgan fingerprint density at radius 2 is 1.86 bits per heavy atom. The fourth-order valence-corrected chi connectivity index (χ4v) is 3.71. The molecule has 0 aliphatic carbocycles. The van der Waals surface area contributed by atoms with E-state index in [1.165, 1.54) is 23.9 Å². The fraction of sp³-hybridized carbons (Fsp3) is 0.0667. The molecule has 3 aromatic rings. The smallest absolute Gasteiger partial charge is 0.269 e. The Labute approximate surface area is 128 Å². The van der Waals surface area contributed by atoms with E-state index in [0.717, 1.165) is 16.6 Å². The number of carbonyl (C=O) groups is 1. The van der Waals surface area contributed by atoms with E-state index in [1.807, 2.05) is 24.3 Å². The van der Waals surface area contributed by atoms with Gasteiger partial charge < -0.3 is 0 Å². The van der Waals surface area contributed by atoms with Gasteiger partial charge in [-0.25, -0.2) is 4.98 Å². The second-order valence-electron chi connectivity index (χ2n) is 4.90. The van der Waals surface area contributed by atoms with E-state index in [2.05, 4.69) is 4.98 Å². The molecule has 0 radical (unpaired) electrons. The second kappa shape index (κ2) is 4.67. The number of hydrogen-bond donors (Lipinski definition) is 0.